The van der Waals surface area contributed by atoms with E-state index in [0.29, 0.717) is 0 Å². The van der Waals surface area contributed by atoms with Crippen LogP contribution in [-0.2, 0) is 0 Å². The molecule has 1 atom stereocenters. The molecule has 0 bridgehead atoms. The van der Waals surface area contributed by atoms with Gasteiger partial charge in [-0.3, -0.25) is 0 Å². The second-order valence-corrected chi connectivity index (χ2v) is 4.23. The summed E-state index contributed by atoms with van der Waals surface area (Å²) in [5, 5.41) is 0. The van der Waals surface area contributed by atoms with E-state index in [2.05, 4.69) is 42.8 Å². The van der Waals surface area contributed by atoms with E-state index in [-0.39, 0.29) is 6.04 Å². The Hall–Kier alpha value is -1.28. The van der Waals surface area contributed by atoms with Gasteiger partial charge in [-0.25, -0.2) is 0 Å². The molecule has 0 fully saturated rings. The maximum Gasteiger partial charge on any atom is 0.0363 e. The van der Waals surface area contributed by atoms with Gasteiger partial charge in [0, 0.05) is 25.3 Å². The maximum atomic E-state index is 5.81. The zero-order valence-electron chi connectivity index (χ0n) is 10.3. The quantitative estimate of drug-likeness (QED) is 0.587. The normalized spacial score (nSPS) is 12.2. The first-order valence-electron chi connectivity index (χ1n) is 5.82. The maximum absolute atomic E-state index is 5.81. The SMILES string of the molecule is C=CCCCN(C)c1ccc([C@H](C)N)cc1. The molecule has 0 radical (unpaired) electrons. The molecule has 1 aromatic carbocycles. The number of hydrogen-bond acceptors (Lipinski definition) is 2. The fourth-order valence-electron chi connectivity index (χ4n) is 1.63. The van der Waals surface area contributed by atoms with Crippen LogP contribution in [0.5, 0.6) is 0 Å². The number of rotatable bonds is 6. The minimum atomic E-state index is 0.111. The van der Waals surface area contributed by atoms with E-state index in [4.69, 9.17) is 5.73 Å². The molecule has 0 aromatic heterocycles. The molecular weight excluding hydrogens is 196 g/mol. The van der Waals surface area contributed by atoms with Gasteiger partial charge in [-0.2, -0.15) is 0 Å². The summed E-state index contributed by atoms with van der Waals surface area (Å²) in [4.78, 5) is 2.26. The van der Waals surface area contributed by atoms with Gasteiger partial charge in [0.25, 0.3) is 0 Å². The van der Waals surface area contributed by atoms with Crippen molar-refractivity contribution in [1.29, 1.82) is 0 Å². The van der Waals surface area contributed by atoms with Crippen LogP contribution in [0.4, 0.5) is 5.69 Å². The molecule has 88 valence electrons. The molecule has 16 heavy (non-hydrogen) atoms. The minimum absolute atomic E-state index is 0.111. The Labute approximate surface area is 98.8 Å². The Balaban J connectivity index is 2.55. The number of allylic oxidation sites excluding steroid dienone is 1. The fraction of sp³-hybridized carbons (Fsp3) is 0.429. The number of hydrogen-bond donors (Lipinski definition) is 1. The van der Waals surface area contributed by atoms with Gasteiger partial charge >= 0.3 is 0 Å². The average Bonchev–Trinajstić information content (AvgIpc) is 2.29. The molecule has 1 rings (SSSR count). The van der Waals surface area contributed by atoms with E-state index in [9.17, 15) is 0 Å². The molecule has 2 heteroatoms. The molecule has 0 saturated heterocycles. The minimum Gasteiger partial charge on any atom is -0.375 e. The number of nitrogens with two attached hydrogens (primary N) is 1. The van der Waals surface area contributed by atoms with Crippen molar-refractivity contribution in [1.82, 2.24) is 0 Å². The van der Waals surface area contributed by atoms with Crippen LogP contribution in [0.1, 0.15) is 31.4 Å². The highest BCUT2D eigenvalue weighted by molar-refractivity contribution is 5.47. The predicted molar refractivity (Wildman–Crippen MR) is 71.7 cm³/mol. The molecule has 0 aliphatic heterocycles. The average molecular weight is 218 g/mol. The Kier molecular flexibility index (Phi) is 5.06. The number of nitrogens with zero attached hydrogens (tertiary/aromatic N) is 1. The topological polar surface area (TPSA) is 29.3 Å². The lowest BCUT2D eigenvalue weighted by Gasteiger charge is -2.19. The van der Waals surface area contributed by atoms with Crippen molar-refractivity contribution in [3.63, 3.8) is 0 Å². The van der Waals surface area contributed by atoms with Gasteiger partial charge in [-0.05, 0) is 37.5 Å². The summed E-state index contributed by atoms with van der Waals surface area (Å²) in [6, 6.07) is 8.58. The summed E-state index contributed by atoms with van der Waals surface area (Å²) >= 11 is 0. The molecule has 2 N–H and O–H groups in total. The summed E-state index contributed by atoms with van der Waals surface area (Å²) < 4.78 is 0. The van der Waals surface area contributed by atoms with Crippen LogP contribution in [0, 0.1) is 0 Å². The van der Waals surface area contributed by atoms with Crippen LogP contribution in [0.3, 0.4) is 0 Å². The molecule has 0 heterocycles. The lowest BCUT2D eigenvalue weighted by atomic mass is 10.1. The summed E-state index contributed by atoms with van der Waals surface area (Å²) in [6.45, 7) is 6.79. The Morgan fingerprint density at radius 3 is 2.50 bits per heavy atom. The first-order valence-corrected chi connectivity index (χ1v) is 5.82. The second-order valence-electron chi connectivity index (χ2n) is 4.23. The lowest BCUT2D eigenvalue weighted by Crippen LogP contribution is -2.18. The highest BCUT2D eigenvalue weighted by Gasteiger charge is 2.02. The second kappa shape index (κ2) is 6.33. The van der Waals surface area contributed by atoms with E-state index in [0.717, 1.165) is 19.4 Å². The largest absolute Gasteiger partial charge is 0.375 e. The van der Waals surface area contributed by atoms with E-state index in [1.807, 2.05) is 13.0 Å². The van der Waals surface area contributed by atoms with Crippen LogP contribution in [0.2, 0.25) is 0 Å². The van der Waals surface area contributed by atoms with Crippen molar-refractivity contribution in [2.45, 2.75) is 25.8 Å². The zero-order valence-corrected chi connectivity index (χ0v) is 10.3. The van der Waals surface area contributed by atoms with Crippen LogP contribution in [0.15, 0.2) is 36.9 Å². The van der Waals surface area contributed by atoms with Crippen LogP contribution >= 0.6 is 0 Å². The highest BCUT2D eigenvalue weighted by atomic mass is 15.1. The van der Waals surface area contributed by atoms with Gasteiger partial charge in [0.15, 0.2) is 0 Å². The van der Waals surface area contributed by atoms with E-state index < -0.39 is 0 Å². The molecular formula is C14H22N2. The first-order chi connectivity index (χ1) is 7.65. The Morgan fingerprint density at radius 1 is 1.38 bits per heavy atom. The summed E-state index contributed by atoms with van der Waals surface area (Å²) in [7, 11) is 2.12. The third-order valence-electron chi connectivity index (χ3n) is 2.76. The molecule has 0 amide bonds. The molecule has 2 nitrogen and oxygen atoms in total. The summed E-state index contributed by atoms with van der Waals surface area (Å²) in [5.74, 6) is 0. The Bertz CT molecular complexity index is 314. The fourth-order valence-corrected chi connectivity index (χ4v) is 1.63. The molecule has 0 unspecified atom stereocenters. The molecule has 1 aromatic rings. The first kappa shape index (κ1) is 12.8. The van der Waals surface area contributed by atoms with Crippen molar-refractivity contribution in [2.75, 3.05) is 18.5 Å². The smallest absolute Gasteiger partial charge is 0.0363 e. The third-order valence-corrected chi connectivity index (χ3v) is 2.76. The molecule has 0 saturated carbocycles. The number of anilines is 1. The van der Waals surface area contributed by atoms with E-state index in [1.54, 1.807) is 0 Å². The lowest BCUT2D eigenvalue weighted by molar-refractivity contribution is 0.797. The molecule has 0 aliphatic rings. The van der Waals surface area contributed by atoms with Crippen molar-refractivity contribution < 1.29 is 0 Å². The van der Waals surface area contributed by atoms with E-state index >= 15 is 0 Å². The molecule has 0 spiro atoms. The van der Waals surface area contributed by atoms with Crippen LogP contribution in [0.25, 0.3) is 0 Å². The van der Waals surface area contributed by atoms with Crippen molar-refractivity contribution >= 4 is 5.69 Å². The van der Waals surface area contributed by atoms with Gasteiger partial charge < -0.3 is 10.6 Å². The predicted octanol–water partition coefficient (Wildman–Crippen LogP) is 3.11. The van der Waals surface area contributed by atoms with Crippen LogP contribution < -0.4 is 10.6 Å². The van der Waals surface area contributed by atoms with Crippen LogP contribution in [-0.4, -0.2) is 13.6 Å². The van der Waals surface area contributed by atoms with Gasteiger partial charge in [-0.1, -0.05) is 18.2 Å². The Morgan fingerprint density at radius 2 is 2.00 bits per heavy atom. The van der Waals surface area contributed by atoms with Gasteiger partial charge in [-0.15, -0.1) is 6.58 Å². The van der Waals surface area contributed by atoms with E-state index in [1.165, 1.54) is 11.3 Å². The highest BCUT2D eigenvalue weighted by Crippen LogP contribution is 2.17. The standard InChI is InChI=1S/C14H22N2/c1-4-5-6-11-16(3)14-9-7-13(8-10-14)12(2)15/h4,7-10,12H,1,5-6,11,15H2,2-3H3/t12-/m0/s1. The number of benzene rings is 1. The number of unbranched alkanes of at least 4 members (excludes halogenated alkanes) is 1. The van der Waals surface area contributed by atoms with Crippen molar-refractivity contribution in [3.05, 3.63) is 42.5 Å². The summed E-state index contributed by atoms with van der Waals surface area (Å²) in [5.41, 5.74) is 8.24. The zero-order chi connectivity index (χ0) is 12.0. The third kappa shape index (κ3) is 3.70. The van der Waals surface area contributed by atoms with Gasteiger partial charge in [0.05, 0.1) is 0 Å². The monoisotopic (exact) mass is 218 g/mol. The summed E-state index contributed by atoms with van der Waals surface area (Å²) in [6.07, 6.45) is 4.18. The molecule has 0 aliphatic carbocycles. The van der Waals surface area contributed by atoms with Crippen molar-refractivity contribution in [2.24, 2.45) is 5.73 Å². The van der Waals surface area contributed by atoms with Gasteiger partial charge in [0.1, 0.15) is 0 Å². The van der Waals surface area contributed by atoms with Crippen molar-refractivity contribution in [3.8, 4) is 0 Å². The van der Waals surface area contributed by atoms with Gasteiger partial charge in [0.2, 0.25) is 0 Å².